The smallest absolute Gasteiger partial charge is 0.412 e. The summed E-state index contributed by atoms with van der Waals surface area (Å²) < 4.78 is 17.7. The molecule has 0 fully saturated rings. The van der Waals surface area contributed by atoms with Crippen molar-refractivity contribution in [1.82, 2.24) is 9.97 Å². The van der Waals surface area contributed by atoms with Gasteiger partial charge in [-0.25, -0.2) is 24.4 Å². The molecule has 3 aromatic carbocycles. The highest BCUT2D eigenvalue weighted by Crippen LogP contribution is 2.34. The van der Waals surface area contributed by atoms with E-state index in [1.54, 1.807) is 62.1 Å². The van der Waals surface area contributed by atoms with E-state index in [1.165, 1.54) is 11.3 Å². The minimum Gasteiger partial charge on any atom is -0.490 e. The van der Waals surface area contributed by atoms with Gasteiger partial charge in [0, 0.05) is 23.5 Å². The van der Waals surface area contributed by atoms with Crippen LogP contribution in [-0.2, 0) is 11.2 Å². The van der Waals surface area contributed by atoms with Crippen LogP contribution in [0, 0.1) is 0 Å². The number of aromatic carboxylic acids is 1. The minimum absolute atomic E-state index is 0.0663. The van der Waals surface area contributed by atoms with Crippen molar-refractivity contribution in [2.75, 3.05) is 35.3 Å². The number of nitrogens with zero attached hydrogens (tertiary/aromatic N) is 3. The van der Waals surface area contributed by atoms with Crippen molar-refractivity contribution in [3.8, 4) is 22.8 Å². The Morgan fingerprint density at radius 2 is 1.69 bits per heavy atom. The summed E-state index contributed by atoms with van der Waals surface area (Å²) in [4.78, 5) is 48.2. The number of urea groups is 1. The number of pyridine rings is 1. The van der Waals surface area contributed by atoms with Crippen LogP contribution in [0.3, 0.4) is 0 Å². The molecule has 3 N–H and O–H groups in total. The summed E-state index contributed by atoms with van der Waals surface area (Å²) in [7, 11) is 0. The van der Waals surface area contributed by atoms with Gasteiger partial charge in [-0.2, -0.15) is 0 Å². The second-order valence-corrected chi connectivity index (χ2v) is 13.2. The third-order valence-corrected chi connectivity index (χ3v) is 8.37. The summed E-state index contributed by atoms with van der Waals surface area (Å²) in [5.41, 5.74) is 3.39. The molecular weight excluding hydrogens is 646 g/mol. The summed E-state index contributed by atoms with van der Waals surface area (Å²) >= 11 is 1.41. The van der Waals surface area contributed by atoms with Crippen molar-refractivity contribution in [3.63, 3.8) is 0 Å². The standard InChI is InChI=1S/C36H35N5O7S/c1-36(2,3)48-35(45)37-24-12-14-25(15-13-24)46-19-20-47-29-17-16-26(38-31(29)32(42)43)23-11-10-22-7-6-18-41(28(22)21-23)34(44)40-33-39-27-8-4-5-9-30(27)49-33/h4-5,8-17,21H,6-7,18-20H2,1-3H3,(H,37,45)(H,42,43)(H,39,40,44). The number of para-hydroxylation sites is 1. The van der Waals surface area contributed by atoms with Crippen LogP contribution >= 0.6 is 11.3 Å². The van der Waals surface area contributed by atoms with E-state index in [4.69, 9.17) is 14.2 Å². The number of carbonyl (C=O) groups excluding carboxylic acids is 2. The van der Waals surface area contributed by atoms with Crippen LogP contribution in [0.15, 0.2) is 78.9 Å². The molecule has 6 rings (SSSR count). The molecule has 2 aromatic heterocycles. The van der Waals surface area contributed by atoms with Crippen molar-refractivity contribution >= 4 is 56.2 Å². The maximum Gasteiger partial charge on any atom is 0.412 e. The number of aromatic nitrogens is 2. The van der Waals surface area contributed by atoms with Crippen molar-refractivity contribution < 1.29 is 33.7 Å². The average Bonchev–Trinajstić information content (AvgIpc) is 3.48. The number of rotatable bonds is 9. The number of nitrogens with one attached hydrogen (secondary N) is 2. The highest BCUT2D eigenvalue weighted by atomic mass is 32.1. The number of benzene rings is 3. The van der Waals surface area contributed by atoms with Gasteiger partial charge in [-0.05, 0) is 93.8 Å². The van der Waals surface area contributed by atoms with E-state index in [1.807, 2.05) is 42.5 Å². The number of fused-ring (bicyclic) bond motifs is 2. The lowest BCUT2D eigenvalue weighted by Crippen LogP contribution is -2.38. The molecule has 5 aromatic rings. The Balaban J connectivity index is 1.09. The van der Waals surface area contributed by atoms with Gasteiger partial charge in [0.1, 0.15) is 24.6 Å². The number of hydrogen-bond donors (Lipinski definition) is 3. The summed E-state index contributed by atoms with van der Waals surface area (Å²) in [6.07, 6.45) is 1.07. The lowest BCUT2D eigenvalue weighted by atomic mass is 9.98. The van der Waals surface area contributed by atoms with Gasteiger partial charge in [-0.3, -0.25) is 15.5 Å². The van der Waals surface area contributed by atoms with Gasteiger partial charge in [-0.15, -0.1) is 0 Å². The van der Waals surface area contributed by atoms with Gasteiger partial charge in [0.2, 0.25) is 0 Å². The first-order valence-electron chi connectivity index (χ1n) is 15.7. The molecule has 0 spiro atoms. The first-order chi connectivity index (χ1) is 23.5. The van der Waals surface area contributed by atoms with Crippen molar-refractivity contribution in [2.24, 2.45) is 0 Å². The number of carbonyl (C=O) groups is 3. The predicted molar refractivity (Wildman–Crippen MR) is 188 cm³/mol. The first kappa shape index (κ1) is 33.2. The van der Waals surface area contributed by atoms with E-state index >= 15 is 0 Å². The molecular formula is C36H35N5O7S. The highest BCUT2D eigenvalue weighted by molar-refractivity contribution is 7.22. The van der Waals surface area contributed by atoms with Crippen LogP contribution in [0.1, 0.15) is 43.2 Å². The predicted octanol–water partition coefficient (Wildman–Crippen LogP) is 7.85. The zero-order valence-electron chi connectivity index (χ0n) is 27.2. The topological polar surface area (TPSA) is 152 Å². The first-order valence-corrected chi connectivity index (χ1v) is 16.5. The maximum absolute atomic E-state index is 13.4. The molecule has 252 valence electrons. The number of thiazole rings is 1. The Bertz CT molecular complexity index is 1970. The Morgan fingerprint density at radius 3 is 2.45 bits per heavy atom. The molecule has 0 radical (unpaired) electrons. The summed E-state index contributed by atoms with van der Waals surface area (Å²) in [5, 5.41) is 16.1. The van der Waals surface area contributed by atoms with Crippen LogP contribution in [0.4, 0.5) is 26.1 Å². The number of carboxylic acid groups (broad SMARTS) is 1. The van der Waals surface area contributed by atoms with Crippen LogP contribution in [0.2, 0.25) is 0 Å². The van der Waals surface area contributed by atoms with Gasteiger partial charge in [0.25, 0.3) is 0 Å². The van der Waals surface area contributed by atoms with E-state index in [9.17, 15) is 19.5 Å². The number of hydrogen-bond acceptors (Lipinski definition) is 9. The number of ether oxygens (including phenoxy) is 3. The lowest BCUT2D eigenvalue weighted by Gasteiger charge is -2.29. The molecule has 0 aliphatic carbocycles. The lowest BCUT2D eigenvalue weighted by molar-refractivity contribution is 0.0633. The quantitative estimate of drug-likeness (QED) is 0.132. The van der Waals surface area contributed by atoms with Crippen molar-refractivity contribution in [3.05, 3.63) is 90.1 Å². The second-order valence-electron chi connectivity index (χ2n) is 12.2. The third-order valence-electron chi connectivity index (χ3n) is 7.42. The Kier molecular flexibility index (Phi) is 9.63. The molecule has 1 aliphatic heterocycles. The molecule has 0 atom stereocenters. The second kappa shape index (κ2) is 14.2. The van der Waals surface area contributed by atoms with E-state index in [0.717, 1.165) is 34.3 Å². The van der Waals surface area contributed by atoms with Crippen LogP contribution in [0.25, 0.3) is 21.5 Å². The molecule has 1 aliphatic rings. The van der Waals surface area contributed by atoms with Gasteiger partial charge < -0.3 is 19.3 Å². The molecule has 3 heterocycles. The SMILES string of the molecule is CC(C)(C)OC(=O)Nc1ccc(OCCOc2ccc(-c3ccc4c(c3)N(C(=O)Nc3nc5ccccc5s3)CCC4)nc2C(=O)O)cc1. The fourth-order valence-corrected chi connectivity index (χ4v) is 6.13. The Hall–Kier alpha value is -5.69. The van der Waals surface area contributed by atoms with Crippen LogP contribution < -0.4 is 25.0 Å². The zero-order chi connectivity index (χ0) is 34.5. The Labute approximate surface area is 286 Å². The zero-order valence-corrected chi connectivity index (χ0v) is 28.0. The van der Waals surface area contributed by atoms with Gasteiger partial charge in [-0.1, -0.05) is 35.6 Å². The van der Waals surface area contributed by atoms with Gasteiger partial charge in [0.05, 0.1) is 15.9 Å². The van der Waals surface area contributed by atoms with Gasteiger partial charge in [0.15, 0.2) is 16.6 Å². The van der Waals surface area contributed by atoms with Gasteiger partial charge >= 0.3 is 18.1 Å². The fraction of sp³-hybridized carbons (Fsp3) is 0.250. The van der Waals surface area contributed by atoms with Crippen LogP contribution in [0.5, 0.6) is 11.5 Å². The molecule has 12 nitrogen and oxygen atoms in total. The van der Waals surface area contributed by atoms with Crippen LogP contribution in [-0.4, -0.2) is 58.5 Å². The van der Waals surface area contributed by atoms with E-state index in [0.29, 0.717) is 34.4 Å². The average molecular weight is 682 g/mol. The number of aryl methyl sites for hydroxylation is 1. The molecule has 3 amide bonds. The normalized spacial score (nSPS) is 12.6. The largest absolute Gasteiger partial charge is 0.490 e. The number of amides is 3. The van der Waals surface area contributed by atoms with Crippen molar-refractivity contribution in [1.29, 1.82) is 0 Å². The van der Waals surface area contributed by atoms with E-state index < -0.39 is 17.7 Å². The number of carboxylic acids is 1. The minimum atomic E-state index is -1.24. The molecule has 0 saturated heterocycles. The maximum atomic E-state index is 13.4. The van der Waals surface area contributed by atoms with E-state index in [-0.39, 0.29) is 30.7 Å². The molecule has 0 bridgehead atoms. The number of anilines is 3. The summed E-state index contributed by atoms with van der Waals surface area (Å²) in [6.45, 7) is 6.09. The third kappa shape index (κ3) is 8.25. The van der Waals surface area contributed by atoms with E-state index in [2.05, 4.69) is 20.6 Å². The highest BCUT2D eigenvalue weighted by Gasteiger charge is 2.25. The summed E-state index contributed by atoms with van der Waals surface area (Å²) in [6, 6.07) is 23.1. The molecule has 49 heavy (non-hydrogen) atoms. The Morgan fingerprint density at radius 1 is 0.918 bits per heavy atom. The summed E-state index contributed by atoms with van der Waals surface area (Å²) in [5.74, 6) is -0.590. The monoisotopic (exact) mass is 681 g/mol. The molecule has 13 heteroatoms. The fourth-order valence-electron chi connectivity index (χ4n) is 5.27. The van der Waals surface area contributed by atoms with Crippen molar-refractivity contribution in [2.45, 2.75) is 39.2 Å². The molecule has 0 saturated carbocycles. The molecule has 0 unspecified atom stereocenters.